The second-order valence-corrected chi connectivity index (χ2v) is 12.9. The summed E-state index contributed by atoms with van der Waals surface area (Å²) in [5.41, 5.74) is 7.30. The molecule has 0 spiro atoms. The number of ether oxygens (including phenoxy) is 3. The molecular formula is C39H33BrF2O3. The van der Waals surface area contributed by atoms with Crippen LogP contribution in [0.1, 0.15) is 67.0 Å². The zero-order valence-electron chi connectivity index (χ0n) is 25.6. The van der Waals surface area contributed by atoms with E-state index >= 15 is 8.78 Å². The second kappa shape index (κ2) is 11.3. The molecule has 0 N–H and O–H groups in total. The molecule has 1 heterocycles. The first-order valence-electron chi connectivity index (χ1n) is 15.2. The van der Waals surface area contributed by atoms with Crippen LogP contribution in [0.5, 0.6) is 17.2 Å². The van der Waals surface area contributed by atoms with Gasteiger partial charge in [0.2, 0.25) is 0 Å². The molecule has 1 aliphatic heterocycles. The third kappa shape index (κ3) is 4.73. The minimum Gasteiger partial charge on any atom is -0.497 e. The van der Waals surface area contributed by atoms with Crippen molar-refractivity contribution in [3.05, 3.63) is 123 Å². The van der Waals surface area contributed by atoms with Crippen molar-refractivity contribution in [3.63, 3.8) is 0 Å². The molecule has 2 aliphatic rings. The Hall–Kier alpha value is -4.16. The van der Waals surface area contributed by atoms with E-state index in [1.165, 1.54) is 6.07 Å². The molecule has 0 saturated heterocycles. The SMILES string of the molecule is CCCCC1(C)c2ccc(Br)cc2-c2c1c1c(c3c(F)cc(F)cc23)OC(c2ccc(OC)cc2)C(c2ccc(OC)cc2)=C1. The van der Waals surface area contributed by atoms with Gasteiger partial charge in [-0.15, -0.1) is 0 Å². The zero-order chi connectivity index (χ0) is 31.5. The first-order valence-corrected chi connectivity index (χ1v) is 16.0. The van der Waals surface area contributed by atoms with E-state index < -0.39 is 23.2 Å². The standard InChI is InChI=1S/C39H33BrF2O3/c1-5-6-17-39(2)32-16-11-24(40)18-29(32)34-30-19-25(41)20-33(42)35(30)38-31(36(34)39)21-28(22-7-12-26(43-3)13-8-22)37(45-38)23-9-14-27(44-4)15-10-23/h7-16,18-21,37H,5-6,17H2,1-4H3. The molecule has 6 heteroatoms. The van der Waals surface area contributed by atoms with Gasteiger partial charge < -0.3 is 14.2 Å². The Morgan fingerprint density at radius 2 is 1.58 bits per heavy atom. The summed E-state index contributed by atoms with van der Waals surface area (Å²) in [5.74, 6) is 0.663. The summed E-state index contributed by atoms with van der Waals surface area (Å²) in [6, 6.07) is 24.3. The first-order chi connectivity index (χ1) is 21.8. The minimum absolute atomic E-state index is 0.291. The molecular weight excluding hydrogens is 634 g/mol. The molecule has 7 rings (SSSR count). The highest BCUT2D eigenvalue weighted by molar-refractivity contribution is 9.10. The average Bonchev–Trinajstić information content (AvgIpc) is 3.31. The quantitative estimate of drug-likeness (QED) is 0.173. The molecule has 5 aromatic rings. The van der Waals surface area contributed by atoms with Gasteiger partial charge in [-0.25, -0.2) is 8.78 Å². The molecule has 45 heavy (non-hydrogen) atoms. The van der Waals surface area contributed by atoms with Crippen molar-refractivity contribution in [1.29, 1.82) is 0 Å². The lowest BCUT2D eigenvalue weighted by Crippen LogP contribution is -2.24. The molecule has 0 bridgehead atoms. The van der Waals surface area contributed by atoms with Gasteiger partial charge in [0.05, 0.1) is 19.6 Å². The smallest absolute Gasteiger partial charge is 0.150 e. The van der Waals surface area contributed by atoms with Crippen LogP contribution in [0.2, 0.25) is 0 Å². The lowest BCUT2D eigenvalue weighted by Gasteiger charge is -2.35. The van der Waals surface area contributed by atoms with Crippen LogP contribution >= 0.6 is 15.9 Å². The van der Waals surface area contributed by atoms with Crippen molar-refractivity contribution >= 4 is 38.4 Å². The van der Waals surface area contributed by atoms with Gasteiger partial charge in [0.1, 0.15) is 35.0 Å². The molecule has 228 valence electrons. The molecule has 0 saturated carbocycles. The Labute approximate surface area is 270 Å². The predicted molar refractivity (Wildman–Crippen MR) is 180 cm³/mol. The largest absolute Gasteiger partial charge is 0.497 e. The summed E-state index contributed by atoms with van der Waals surface area (Å²) in [6.45, 7) is 4.45. The van der Waals surface area contributed by atoms with Gasteiger partial charge in [-0.1, -0.05) is 73.0 Å². The van der Waals surface area contributed by atoms with E-state index in [0.717, 1.165) is 85.8 Å². The van der Waals surface area contributed by atoms with E-state index in [0.29, 0.717) is 16.5 Å². The normalized spacial score (nSPS) is 18.1. The van der Waals surface area contributed by atoms with Gasteiger partial charge in [0.25, 0.3) is 0 Å². The summed E-state index contributed by atoms with van der Waals surface area (Å²) in [6.07, 6.45) is 4.53. The van der Waals surface area contributed by atoms with Crippen molar-refractivity contribution in [2.24, 2.45) is 0 Å². The highest BCUT2D eigenvalue weighted by Gasteiger charge is 2.44. The van der Waals surface area contributed by atoms with Crippen LogP contribution in [0.25, 0.3) is 33.5 Å². The van der Waals surface area contributed by atoms with Gasteiger partial charge in [-0.3, -0.25) is 0 Å². The Morgan fingerprint density at radius 1 is 0.889 bits per heavy atom. The number of benzene rings is 5. The summed E-state index contributed by atoms with van der Waals surface area (Å²) in [7, 11) is 3.28. The van der Waals surface area contributed by atoms with Crippen LogP contribution < -0.4 is 14.2 Å². The van der Waals surface area contributed by atoms with E-state index in [9.17, 15) is 0 Å². The summed E-state index contributed by atoms with van der Waals surface area (Å²) in [4.78, 5) is 0. The maximum absolute atomic E-state index is 16.1. The Morgan fingerprint density at radius 3 is 2.24 bits per heavy atom. The third-order valence-corrected chi connectivity index (χ3v) is 9.90. The number of unbranched alkanes of at least 4 members (excludes halogenated alkanes) is 1. The maximum Gasteiger partial charge on any atom is 0.150 e. The Kier molecular flexibility index (Phi) is 7.44. The van der Waals surface area contributed by atoms with Crippen LogP contribution in [-0.4, -0.2) is 14.2 Å². The molecule has 1 aliphatic carbocycles. The van der Waals surface area contributed by atoms with E-state index in [1.807, 2.05) is 48.5 Å². The van der Waals surface area contributed by atoms with Crippen LogP contribution in [0, 0.1) is 11.6 Å². The van der Waals surface area contributed by atoms with E-state index in [-0.39, 0.29) is 0 Å². The number of rotatable bonds is 7. The molecule has 2 unspecified atom stereocenters. The number of hydrogen-bond donors (Lipinski definition) is 0. The minimum atomic E-state index is -0.641. The monoisotopic (exact) mass is 666 g/mol. The lowest BCUT2D eigenvalue weighted by atomic mass is 9.73. The number of halogens is 3. The van der Waals surface area contributed by atoms with Gasteiger partial charge in [-0.05, 0) is 93.7 Å². The fourth-order valence-corrected chi connectivity index (χ4v) is 7.58. The molecule has 5 aromatic carbocycles. The molecule has 2 atom stereocenters. The molecule has 3 nitrogen and oxygen atoms in total. The van der Waals surface area contributed by atoms with Gasteiger partial charge >= 0.3 is 0 Å². The number of hydrogen-bond acceptors (Lipinski definition) is 3. The fourth-order valence-electron chi connectivity index (χ4n) is 7.22. The van der Waals surface area contributed by atoms with E-state index in [2.05, 4.69) is 54.1 Å². The van der Waals surface area contributed by atoms with Crippen LogP contribution in [0.4, 0.5) is 8.78 Å². The summed E-state index contributed by atoms with van der Waals surface area (Å²) >= 11 is 3.67. The molecule has 0 radical (unpaired) electrons. The predicted octanol–water partition coefficient (Wildman–Crippen LogP) is 11.0. The maximum atomic E-state index is 16.1. The van der Waals surface area contributed by atoms with Crippen LogP contribution in [0.3, 0.4) is 0 Å². The van der Waals surface area contributed by atoms with Gasteiger partial charge in [-0.2, -0.15) is 0 Å². The zero-order valence-corrected chi connectivity index (χ0v) is 27.2. The summed E-state index contributed by atoms with van der Waals surface area (Å²) < 4.78 is 50.0. The average molecular weight is 668 g/mol. The van der Waals surface area contributed by atoms with Crippen molar-refractivity contribution in [2.45, 2.75) is 44.6 Å². The van der Waals surface area contributed by atoms with Crippen molar-refractivity contribution in [3.8, 4) is 28.4 Å². The topological polar surface area (TPSA) is 27.7 Å². The molecule has 0 amide bonds. The van der Waals surface area contributed by atoms with Gasteiger partial charge in [0.15, 0.2) is 0 Å². The van der Waals surface area contributed by atoms with E-state index in [1.54, 1.807) is 14.2 Å². The highest BCUT2D eigenvalue weighted by atomic mass is 79.9. The van der Waals surface area contributed by atoms with E-state index in [4.69, 9.17) is 14.2 Å². The van der Waals surface area contributed by atoms with Crippen molar-refractivity contribution < 1.29 is 23.0 Å². The van der Waals surface area contributed by atoms with Crippen molar-refractivity contribution in [1.82, 2.24) is 0 Å². The third-order valence-electron chi connectivity index (χ3n) is 9.40. The van der Waals surface area contributed by atoms with Crippen LogP contribution in [0.15, 0.2) is 83.3 Å². The number of methoxy groups -OCH3 is 2. The molecule has 0 fully saturated rings. The van der Waals surface area contributed by atoms with Crippen molar-refractivity contribution in [2.75, 3.05) is 14.2 Å². The van der Waals surface area contributed by atoms with Crippen LogP contribution in [-0.2, 0) is 5.41 Å². The highest BCUT2D eigenvalue weighted by Crippen LogP contribution is 2.60. The Bertz CT molecular complexity index is 1980. The van der Waals surface area contributed by atoms with Gasteiger partial charge in [0, 0.05) is 27.1 Å². The first kappa shape index (κ1) is 29.5. The summed E-state index contributed by atoms with van der Waals surface area (Å²) in [5, 5.41) is 0.815. The fraction of sp³-hybridized carbons (Fsp3) is 0.231. The second-order valence-electron chi connectivity index (χ2n) is 12.0. The Balaban J connectivity index is 1.59. The lowest BCUT2D eigenvalue weighted by molar-refractivity contribution is 0.263. The molecule has 0 aromatic heterocycles. The number of fused-ring (bicyclic) bond motifs is 8.